The molecule has 5 rings (SSSR count). The number of likely N-dealkylation sites (tertiary alicyclic amines) is 2. The zero-order valence-electron chi connectivity index (χ0n) is 17.2. The summed E-state index contributed by atoms with van der Waals surface area (Å²) in [6, 6.07) is 7.43. The SMILES string of the molecule is CN1CCC2(CC1)CN(C(=O)c1ccc3n[nH]nc3c1)C2.O=COCc1csc(Br)c1. The van der Waals surface area contributed by atoms with Crippen molar-refractivity contribution >= 4 is 50.7 Å². The third-order valence-electron chi connectivity index (χ3n) is 5.89. The average molecular weight is 506 g/mol. The van der Waals surface area contributed by atoms with Gasteiger partial charge in [-0.1, -0.05) is 0 Å². The molecular formula is C21H24BrN5O3S. The molecule has 3 aromatic rings. The van der Waals surface area contributed by atoms with Crippen molar-refractivity contribution in [3.05, 3.63) is 44.6 Å². The fourth-order valence-corrected chi connectivity index (χ4v) is 5.22. The van der Waals surface area contributed by atoms with E-state index in [1.807, 2.05) is 34.5 Å². The monoisotopic (exact) mass is 505 g/mol. The van der Waals surface area contributed by atoms with Gasteiger partial charge in [0.15, 0.2) is 0 Å². The Morgan fingerprint density at radius 3 is 2.68 bits per heavy atom. The molecule has 2 saturated heterocycles. The molecule has 2 aromatic heterocycles. The smallest absolute Gasteiger partial charge is 0.293 e. The first-order valence-corrected chi connectivity index (χ1v) is 11.7. The predicted molar refractivity (Wildman–Crippen MR) is 122 cm³/mol. The highest BCUT2D eigenvalue weighted by Crippen LogP contribution is 2.40. The van der Waals surface area contributed by atoms with E-state index in [4.69, 9.17) is 0 Å². The Hall–Kier alpha value is -2.30. The Labute approximate surface area is 192 Å². The Balaban J connectivity index is 0.000000196. The van der Waals surface area contributed by atoms with Gasteiger partial charge in [-0.25, -0.2) is 0 Å². The topological polar surface area (TPSA) is 91.4 Å². The maximum absolute atomic E-state index is 12.5. The lowest BCUT2D eigenvalue weighted by Gasteiger charge is -2.53. The number of hydrogen-bond acceptors (Lipinski definition) is 7. The van der Waals surface area contributed by atoms with Crippen LogP contribution in [0.15, 0.2) is 33.4 Å². The molecular weight excluding hydrogens is 482 g/mol. The summed E-state index contributed by atoms with van der Waals surface area (Å²) in [5.74, 6) is 0.115. The third kappa shape index (κ3) is 5.13. The molecule has 0 aliphatic carbocycles. The zero-order valence-corrected chi connectivity index (χ0v) is 19.6. The molecule has 0 radical (unpaired) electrons. The molecule has 1 aromatic carbocycles. The van der Waals surface area contributed by atoms with E-state index in [2.05, 4.69) is 48.0 Å². The van der Waals surface area contributed by atoms with Crippen molar-refractivity contribution in [3.63, 3.8) is 0 Å². The highest BCUT2D eigenvalue weighted by Gasteiger charge is 2.46. The molecule has 1 spiro atoms. The van der Waals surface area contributed by atoms with Crippen LogP contribution in [0, 0.1) is 5.41 Å². The van der Waals surface area contributed by atoms with Gasteiger partial charge in [0, 0.05) is 29.6 Å². The number of nitrogens with one attached hydrogen (secondary N) is 1. The standard InChI is InChI=1S/C15H19N5O.C6H5BrO2S/c1-19-6-4-15(5-7-19)9-20(10-15)14(21)11-2-3-12-13(8-11)17-18-16-12;7-6-1-5(3-10-6)2-9-4-8/h2-3,8H,4-7,9-10H2,1H3,(H,16,17,18);1,3-4H,2H2. The third-order valence-corrected chi connectivity index (χ3v) is 7.44. The minimum atomic E-state index is 0.115. The Morgan fingerprint density at radius 2 is 2.00 bits per heavy atom. The largest absolute Gasteiger partial charge is 0.463 e. The lowest BCUT2D eigenvalue weighted by Crippen LogP contribution is -2.61. The number of thiophene rings is 1. The fourth-order valence-electron chi connectivity index (χ4n) is 4.02. The number of carbonyl (C=O) groups is 2. The summed E-state index contributed by atoms with van der Waals surface area (Å²) in [7, 11) is 2.17. The van der Waals surface area contributed by atoms with E-state index in [1.54, 1.807) is 11.3 Å². The summed E-state index contributed by atoms with van der Waals surface area (Å²) in [5.41, 5.74) is 3.64. The van der Waals surface area contributed by atoms with E-state index < -0.39 is 0 Å². The first-order valence-electron chi connectivity index (χ1n) is 10.0. The number of benzene rings is 1. The predicted octanol–water partition coefficient (Wildman–Crippen LogP) is 3.31. The number of piperidine rings is 1. The van der Waals surface area contributed by atoms with E-state index >= 15 is 0 Å². The van der Waals surface area contributed by atoms with Gasteiger partial charge in [0.05, 0.1) is 3.79 Å². The summed E-state index contributed by atoms with van der Waals surface area (Å²) in [5, 5.41) is 12.6. The highest BCUT2D eigenvalue weighted by atomic mass is 79.9. The van der Waals surface area contributed by atoms with E-state index in [0.717, 1.165) is 46.6 Å². The number of aromatic nitrogens is 3. The maximum Gasteiger partial charge on any atom is 0.293 e. The molecule has 0 bridgehead atoms. The number of amides is 1. The van der Waals surface area contributed by atoms with Crippen LogP contribution in [0.5, 0.6) is 0 Å². The van der Waals surface area contributed by atoms with Crippen molar-refractivity contribution in [2.45, 2.75) is 19.4 Å². The van der Waals surface area contributed by atoms with Crippen LogP contribution in [0.1, 0.15) is 28.8 Å². The molecule has 31 heavy (non-hydrogen) atoms. The molecule has 2 aliphatic heterocycles. The number of aromatic amines is 1. The van der Waals surface area contributed by atoms with Crippen molar-refractivity contribution in [2.24, 2.45) is 5.41 Å². The quantitative estimate of drug-likeness (QED) is 0.546. The van der Waals surface area contributed by atoms with Crippen molar-refractivity contribution < 1.29 is 14.3 Å². The van der Waals surface area contributed by atoms with Gasteiger partial charge in [-0.3, -0.25) is 9.59 Å². The molecule has 0 unspecified atom stereocenters. The number of halogens is 1. The number of hydrogen-bond donors (Lipinski definition) is 1. The van der Waals surface area contributed by atoms with Gasteiger partial charge in [0.1, 0.15) is 17.6 Å². The number of H-pyrrole nitrogens is 1. The highest BCUT2D eigenvalue weighted by molar-refractivity contribution is 9.11. The summed E-state index contributed by atoms with van der Waals surface area (Å²) in [6.45, 7) is 4.91. The van der Waals surface area contributed by atoms with Gasteiger partial charge in [-0.05, 0) is 78.6 Å². The van der Waals surface area contributed by atoms with Crippen molar-refractivity contribution in [1.82, 2.24) is 25.2 Å². The van der Waals surface area contributed by atoms with E-state index in [9.17, 15) is 9.59 Å². The second kappa shape index (κ2) is 9.46. The Bertz CT molecular complexity index is 1050. The van der Waals surface area contributed by atoms with Crippen LogP contribution in [0.3, 0.4) is 0 Å². The van der Waals surface area contributed by atoms with Crippen molar-refractivity contribution in [3.8, 4) is 0 Å². The molecule has 164 valence electrons. The van der Waals surface area contributed by atoms with Crippen molar-refractivity contribution in [1.29, 1.82) is 0 Å². The van der Waals surface area contributed by atoms with E-state index in [1.165, 1.54) is 12.8 Å². The molecule has 1 amide bonds. The first-order chi connectivity index (χ1) is 15.0. The van der Waals surface area contributed by atoms with Crippen LogP contribution in [0.25, 0.3) is 11.0 Å². The number of nitrogens with zero attached hydrogens (tertiary/aromatic N) is 4. The molecule has 0 saturated carbocycles. The molecule has 8 nitrogen and oxygen atoms in total. The van der Waals surface area contributed by atoms with Gasteiger partial charge < -0.3 is 14.5 Å². The number of carbonyl (C=O) groups excluding carboxylic acids is 2. The molecule has 1 N–H and O–H groups in total. The Kier molecular flexibility index (Phi) is 6.68. The van der Waals surface area contributed by atoms with Gasteiger partial charge >= 0.3 is 0 Å². The van der Waals surface area contributed by atoms with Crippen LogP contribution in [0.4, 0.5) is 0 Å². The minimum absolute atomic E-state index is 0.115. The van der Waals surface area contributed by atoms with Gasteiger partial charge in [-0.2, -0.15) is 15.4 Å². The lowest BCUT2D eigenvalue weighted by atomic mass is 9.72. The number of fused-ring (bicyclic) bond motifs is 1. The van der Waals surface area contributed by atoms with Crippen LogP contribution in [0.2, 0.25) is 0 Å². The van der Waals surface area contributed by atoms with E-state index in [0.29, 0.717) is 24.1 Å². The molecule has 2 aliphatic rings. The van der Waals surface area contributed by atoms with Gasteiger partial charge in [-0.15, -0.1) is 11.3 Å². The second-order valence-electron chi connectivity index (χ2n) is 8.16. The minimum Gasteiger partial charge on any atom is -0.463 e. The van der Waals surface area contributed by atoms with Crippen LogP contribution < -0.4 is 0 Å². The lowest BCUT2D eigenvalue weighted by molar-refractivity contribution is -0.129. The molecule has 10 heteroatoms. The van der Waals surface area contributed by atoms with Crippen LogP contribution in [-0.2, 0) is 16.1 Å². The summed E-state index contributed by atoms with van der Waals surface area (Å²) < 4.78 is 5.59. The summed E-state index contributed by atoms with van der Waals surface area (Å²) in [6.07, 6.45) is 2.41. The number of ether oxygens (including phenoxy) is 1. The molecule has 0 atom stereocenters. The van der Waals surface area contributed by atoms with Crippen LogP contribution >= 0.6 is 27.3 Å². The van der Waals surface area contributed by atoms with Crippen molar-refractivity contribution in [2.75, 3.05) is 33.2 Å². The first kappa shape index (κ1) is 21.9. The second-order valence-corrected chi connectivity index (χ2v) is 10.4. The zero-order chi connectivity index (χ0) is 21.8. The van der Waals surface area contributed by atoms with Gasteiger partial charge in [0.2, 0.25) is 0 Å². The summed E-state index contributed by atoms with van der Waals surface area (Å²) in [4.78, 5) is 26.6. The average Bonchev–Trinajstić information content (AvgIpc) is 3.39. The number of rotatable bonds is 4. The summed E-state index contributed by atoms with van der Waals surface area (Å²) >= 11 is 4.87. The van der Waals surface area contributed by atoms with Gasteiger partial charge in [0.25, 0.3) is 12.4 Å². The van der Waals surface area contributed by atoms with E-state index in [-0.39, 0.29) is 5.91 Å². The Morgan fingerprint density at radius 1 is 1.26 bits per heavy atom. The molecule has 4 heterocycles. The maximum atomic E-state index is 12.5. The fraction of sp³-hybridized carbons (Fsp3) is 0.429. The van der Waals surface area contributed by atoms with Crippen LogP contribution in [-0.4, -0.2) is 70.8 Å². The normalized spacial score (nSPS) is 17.7. The molecule has 2 fully saturated rings.